The van der Waals surface area contributed by atoms with Crippen LogP contribution < -0.4 is 16.4 Å². The molecule has 1 heterocycles. The molecule has 2 amide bonds. The summed E-state index contributed by atoms with van der Waals surface area (Å²) in [7, 11) is 0. The van der Waals surface area contributed by atoms with Crippen LogP contribution in [0.15, 0.2) is 48.5 Å². The predicted octanol–water partition coefficient (Wildman–Crippen LogP) is 3.81. The Balaban J connectivity index is 1.63. The van der Waals surface area contributed by atoms with Gasteiger partial charge in [-0.05, 0) is 61.7 Å². The molecule has 8 heteroatoms. The lowest BCUT2D eigenvalue weighted by molar-refractivity contribution is -0.137. The average Bonchev–Trinajstić information content (AvgIpc) is 2.84. The molecule has 4 N–H and O–H groups in total. The van der Waals surface area contributed by atoms with Crippen molar-refractivity contribution in [1.82, 2.24) is 10.2 Å². The van der Waals surface area contributed by atoms with E-state index in [1.54, 1.807) is 6.07 Å². The van der Waals surface area contributed by atoms with Crippen LogP contribution in [0.2, 0.25) is 5.02 Å². The molecule has 1 aliphatic rings. The van der Waals surface area contributed by atoms with E-state index in [9.17, 15) is 9.59 Å². The molecule has 33 heavy (non-hydrogen) atoms. The number of carbonyl (C=O) groups excluding carboxylic acids is 2. The van der Waals surface area contributed by atoms with Crippen molar-refractivity contribution in [2.45, 2.75) is 32.7 Å². The van der Waals surface area contributed by atoms with Crippen molar-refractivity contribution in [1.29, 1.82) is 0 Å². The van der Waals surface area contributed by atoms with Gasteiger partial charge in [0.2, 0.25) is 5.91 Å². The van der Waals surface area contributed by atoms with Crippen LogP contribution in [0.1, 0.15) is 30.9 Å². The van der Waals surface area contributed by atoms with E-state index in [0.29, 0.717) is 36.6 Å². The molecule has 1 fully saturated rings. The van der Waals surface area contributed by atoms with E-state index in [-0.39, 0.29) is 12.5 Å². The number of hydrogen-bond donors (Lipinski definition) is 3. The highest BCUT2D eigenvalue weighted by Crippen LogP contribution is 2.33. The predicted molar refractivity (Wildman–Crippen MR) is 131 cm³/mol. The molecule has 0 bridgehead atoms. The third kappa shape index (κ3) is 6.93. The van der Waals surface area contributed by atoms with E-state index in [4.69, 9.17) is 22.1 Å². The molecule has 2 aromatic rings. The van der Waals surface area contributed by atoms with Gasteiger partial charge in [0.1, 0.15) is 6.61 Å². The summed E-state index contributed by atoms with van der Waals surface area (Å²) in [4.78, 5) is 28.0. The van der Waals surface area contributed by atoms with Crippen molar-refractivity contribution in [3.05, 3.63) is 64.7 Å². The van der Waals surface area contributed by atoms with Crippen LogP contribution in [0, 0.1) is 5.41 Å². The number of rotatable bonds is 9. The Morgan fingerprint density at radius 1 is 1.12 bits per heavy atom. The van der Waals surface area contributed by atoms with E-state index in [0.717, 1.165) is 31.6 Å². The molecule has 0 aromatic heterocycles. The van der Waals surface area contributed by atoms with Crippen molar-refractivity contribution in [2.75, 3.05) is 38.1 Å². The number of anilines is 1. The number of carbonyl (C=O) groups is 2. The van der Waals surface area contributed by atoms with Crippen LogP contribution in [-0.2, 0) is 22.5 Å². The van der Waals surface area contributed by atoms with Crippen molar-refractivity contribution in [3.63, 3.8) is 0 Å². The molecule has 1 saturated heterocycles. The van der Waals surface area contributed by atoms with E-state index in [2.05, 4.69) is 22.5 Å². The Kier molecular flexibility index (Phi) is 9.11. The van der Waals surface area contributed by atoms with Gasteiger partial charge in [-0.15, -0.1) is 0 Å². The zero-order valence-corrected chi connectivity index (χ0v) is 19.9. The van der Waals surface area contributed by atoms with Crippen LogP contribution in [0.5, 0.6) is 0 Å². The first-order valence-corrected chi connectivity index (χ1v) is 11.8. The highest BCUT2D eigenvalue weighted by atomic mass is 35.5. The van der Waals surface area contributed by atoms with Gasteiger partial charge in [-0.25, -0.2) is 4.79 Å². The largest absolute Gasteiger partial charge is 0.448 e. The standard InChI is InChI=1S/C25H33ClN4O3/c1-2-19-7-9-21(10-8-19)29-24(32)33-18-25(11-14-30(15-12-25)16-13-27)23(31)28-17-20-5-3-4-6-22(20)26/h3-10H,2,11-18,27H2,1H3,(H,28,31)(H,29,32). The lowest BCUT2D eigenvalue weighted by atomic mass is 9.78. The zero-order chi connectivity index (χ0) is 23.7. The molecule has 3 rings (SSSR count). The van der Waals surface area contributed by atoms with Crippen molar-refractivity contribution >= 4 is 29.3 Å². The maximum atomic E-state index is 13.3. The molecule has 0 atom stereocenters. The number of hydrogen-bond acceptors (Lipinski definition) is 5. The van der Waals surface area contributed by atoms with E-state index in [1.807, 2.05) is 42.5 Å². The minimum absolute atomic E-state index is 0.0106. The van der Waals surface area contributed by atoms with Gasteiger partial charge in [-0.2, -0.15) is 0 Å². The molecular formula is C25H33ClN4O3. The van der Waals surface area contributed by atoms with Crippen LogP contribution >= 0.6 is 11.6 Å². The lowest BCUT2D eigenvalue weighted by Crippen LogP contribution is -2.52. The number of nitrogens with two attached hydrogens (primary N) is 1. The van der Waals surface area contributed by atoms with Gasteiger partial charge in [-0.3, -0.25) is 10.1 Å². The lowest BCUT2D eigenvalue weighted by Gasteiger charge is -2.40. The molecule has 0 aliphatic carbocycles. The quantitative estimate of drug-likeness (QED) is 0.515. The highest BCUT2D eigenvalue weighted by Gasteiger charge is 2.42. The summed E-state index contributed by atoms with van der Waals surface area (Å²) in [5.74, 6) is -0.130. The molecule has 0 saturated carbocycles. The van der Waals surface area contributed by atoms with Gasteiger partial charge in [-0.1, -0.05) is 48.9 Å². The minimum Gasteiger partial charge on any atom is -0.448 e. The Morgan fingerprint density at radius 3 is 2.45 bits per heavy atom. The molecule has 0 unspecified atom stereocenters. The van der Waals surface area contributed by atoms with Crippen molar-refractivity contribution in [3.8, 4) is 0 Å². The van der Waals surface area contributed by atoms with Crippen LogP contribution in [0.3, 0.4) is 0 Å². The molecule has 2 aromatic carbocycles. The Hall–Kier alpha value is -2.61. The number of piperidine rings is 1. The fourth-order valence-electron chi connectivity index (χ4n) is 4.01. The number of aryl methyl sites for hydroxylation is 1. The summed E-state index contributed by atoms with van der Waals surface area (Å²) in [6, 6.07) is 15.0. The number of likely N-dealkylation sites (tertiary alicyclic amines) is 1. The average molecular weight is 473 g/mol. The van der Waals surface area contributed by atoms with Gasteiger partial charge in [0, 0.05) is 30.3 Å². The first-order valence-electron chi connectivity index (χ1n) is 11.4. The van der Waals surface area contributed by atoms with Crippen LogP contribution in [-0.4, -0.2) is 49.7 Å². The summed E-state index contributed by atoms with van der Waals surface area (Å²) >= 11 is 6.23. The van der Waals surface area contributed by atoms with Gasteiger partial charge < -0.3 is 20.7 Å². The second-order valence-electron chi connectivity index (χ2n) is 8.44. The molecule has 178 valence electrons. The second kappa shape index (κ2) is 12.0. The second-order valence-corrected chi connectivity index (χ2v) is 8.84. The summed E-state index contributed by atoms with van der Waals surface area (Å²) < 4.78 is 5.56. The SMILES string of the molecule is CCc1ccc(NC(=O)OCC2(C(=O)NCc3ccccc3Cl)CCN(CCN)CC2)cc1. The molecule has 7 nitrogen and oxygen atoms in total. The number of benzene rings is 2. The summed E-state index contributed by atoms with van der Waals surface area (Å²) in [5.41, 5.74) is 7.59. The molecule has 1 aliphatic heterocycles. The Labute approximate surface area is 200 Å². The minimum atomic E-state index is -0.796. The van der Waals surface area contributed by atoms with Gasteiger partial charge in [0.15, 0.2) is 0 Å². The van der Waals surface area contributed by atoms with Gasteiger partial charge in [0.25, 0.3) is 0 Å². The first-order chi connectivity index (χ1) is 16.0. The summed E-state index contributed by atoms with van der Waals surface area (Å²) in [6.45, 7) is 5.21. The van der Waals surface area contributed by atoms with E-state index >= 15 is 0 Å². The normalized spacial score (nSPS) is 15.6. The molecule has 0 spiro atoms. The first kappa shape index (κ1) is 25.0. The van der Waals surface area contributed by atoms with Gasteiger partial charge >= 0.3 is 6.09 Å². The molecular weight excluding hydrogens is 440 g/mol. The Bertz CT molecular complexity index is 928. The third-order valence-electron chi connectivity index (χ3n) is 6.23. The van der Waals surface area contributed by atoms with Crippen LogP contribution in [0.25, 0.3) is 0 Å². The van der Waals surface area contributed by atoms with Gasteiger partial charge in [0.05, 0.1) is 5.41 Å². The monoisotopic (exact) mass is 472 g/mol. The third-order valence-corrected chi connectivity index (χ3v) is 6.59. The van der Waals surface area contributed by atoms with Crippen molar-refractivity contribution < 1.29 is 14.3 Å². The smallest absolute Gasteiger partial charge is 0.411 e. The maximum absolute atomic E-state index is 13.3. The Morgan fingerprint density at radius 2 is 1.82 bits per heavy atom. The van der Waals surface area contributed by atoms with Crippen molar-refractivity contribution in [2.24, 2.45) is 11.1 Å². The van der Waals surface area contributed by atoms with E-state index < -0.39 is 11.5 Å². The number of nitrogens with zero attached hydrogens (tertiary/aromatic N) is 1. The number of halogens is 1. The number of nitrogens with one attached hydrogen (secondary N) is 2. The number of ether oxygens (including phenoxy) is 1. The zero-order valence-electron chi connectivity index (χ0n) is 19.1. The van der Waals surface area contributed by atoms with E-state index in [1.165, 1.54) is 5.56 Å². The fourth-order valence-corrected chi connectivity index (χ4v) is 4.21. The summed E-state index contributed by atoms with van der Waals surface area (Å²) in [6.07, 6.45) is 1.53. The topological polar surface area (TPSA) is 96.7 Å². The number of amides is 2. The van der Waals surface area contributed by atoms with Crippen LogP contribution in [0.4, 0.5) is 10.5 Å². The molecule has 0 radical (unpaired) electrons. The summed E-state index contributed by atoms with van der Waals surface area (Å²) in [5, 5.41) is 6.36. The highest BCUT2D eigenvalue weighted by molar-refractivity contribution is 6.31. The fraction of sp³-hybridized carbons (Fsp3) is 0.440. The maximum Gasteiger partial charge on any atom is 0.411 e.